The van der Waals surface area contributed by atoms with Crippen LogP contribution in [0.3, 0.4) is 0 Å². The molecule has 0 aromatic carbocycles. The van der Waals surface area contributed by atoms with Crippen molar-refractivity contribution in [2.45, 2.75) is 58.4 Å². The van der Waals surface area contributed by atoms with E-state index in [9.17, 15) is 0 Å². The fourth-order valence-electron chi connectivity index (χ4n) is 1.06. The number of hydrogen-bond donors (Lipinski definition) is 1. The van der Waals surface area contributed by atoms with E-state index in [4.69, 9.17) is 5.73 Å². The number of nitrogens with two attached hydrogens (primary N) is 1. The van der Waals surface area contributed by atoms with Crippen molar-refractivity contribution in [3.63, 3.8) is 0 Å². The molecule has 1 saturated carbocycles. The third-order valence-corrected chi connectivity index (χ3v) is 1.50. The molecule has 0 spiro atoms. The minimum absolute atomic E-state index is 0.333. The van der Waals surface area contributed by atoms with E-state index in [1.807, 2.05) is 13.8 Å². The summed E-state index contributed by atoms with van der Waals surface area (Å²) in [5, 5.41) is 0. The number of hydrogen-bond acceptors (Lipinski definition) is 1. The van der Waals surface area contributed by atoms with Gasteiger partial charge in [0.2, 0.25) is 0 Å². The zero-order chi connectivity index (χ0) is 7.82. The lowest BCUT2D eigenvalue weighted by Crippen LogP contribution is -2.06. The molecular formula is C9H21N. The van der Waals surface area contributed by atoms with Crippen LogP contribution in [0.5, 0.6) is 0 Å². The summed E-state index contributed by atoms with van der Waals surface area (Å²) in [6.45, 7) is 3.89. The van der Waals surface area contributed by atoms with Crippen molar-refractivity contribution < 1.29 is 0 Å². The molecular weight excluding hydrogens is 122 g/mol. The summed E-state index contributed by atoms with van der Waals surface area (Å²) in [4.78, 5) is 0. The van der Waals surface area contributed by atoms with Gasteiger partial charge in [-0.15, -0.1) is 0 Å². The molecule has 0 saturated heterocycles. The van der Waals surface area contributed by atoms with E-state index in [1.165, 1.54) is 38.5 Å². The van der Waals surface area contributed by atoms with Gasteiger partial charge < -0.3 is 5.73 Å². The first kappa shape index (κ1) is 9.96. The summed E-state index contributed by atoms with van der Waals surface area (Å²) in [6.07, 6.45) is 9.00. The van der Waals surface area contributed by atoms with Crippen molar-refractivity contribution in [3.8, 4) is 0 Å². The van der Waals surface area contributed by atoms with Crippen LogP contribution in [0.1, 0.15) is 52.4 Å². The van der Waals surface area contributed by atoms with Crippen LogP contribution >= 0.6 is 0 Å². The van der Waals surface area contributed by atoms with Gasteiger partial charge in [-0.1, -0.05) is 52.4 Å². The Bertz CT molecular complexity index is 41.5. The molecule has 1 rings (SSSR count). The second-order valence-corrected chi connectivity index (χ2v) is 3.37. The molecule has 1 aliphatic carbocycles. The predicted octanol–water partition coefficient (Wildman–Crippen LogP) is 2.69. The summed E-state index contributed by atoms with van der Waals surface area (Å²) in [5.41, 5.74) is 5.11. The van der Waals surface area contributed by atoms with Crippen molar-refractivity contribution in [1.29, 1.82) is 0 Å². The average molecular weight is 143 g/mol. The molecule has 1 nitrogen and oxygen atoms in total. The molecule has 1 heteroatoms. The maximum atomic E-state index is 5.11. The highest BCUT2D eigenvalue weighted by Gasteiger charge is 1.95. The molecule has 1 fully saturated rings. The maximum absolute atomic E-state index is 5.11. The van der Waals surface area contributed by atoms with Gasteiger partial charge in [-0.3, -0.25) is 0 Å². The fourth-order valence-corrected chi connectivity index (χ4v) is 1.06. The predicted molar refractivity (Wildman–Crippen MR) is 47.0 cm³/mol. The molecule has 0 amide bonds. The Morgan fingerprint density at radius 2 is 0.900 bits per heavy atom. The maximum Gasteiger partial charge on any atom is -0.00179 e. The first-order valence-electron chi connectivity index (χ1n) is 4.49. The van der Waals surface area contributed by atoms with Gasteiger partial charge in [0.15, 0.2) is 0 Å². The van der Waals surface area contributed by atoms with Gasteiger partial charge in [0, 0.05) is 0 Å². The molecule has 0 aromatic rings. The second-order valence-electron chi connectivity index (χ2n) is 3.37. The van der Waals surface area contributed by atoms with Crippen molar-refractivity contribution in [3.05, 3.63) is 0 Å². The first-order valence-corrected chi connectivity index (χ1v) is 4.49. The zero-order valence-corrected chi connectivity index (χ0v) is 7.40. The van der Waals surface area contributed by atoms with E-state index in [1.54, 1.807) is 0 Å². The standard InChI is InChI=1S/C6H12.C3H9N/c1-2-4-6-5-3-1;1-3(2)4/h1-6H2;3H,4H2,1-2H3. The zero-order valence-electron chi connectivity index (χ0n) is 7.40. The third kappa shape index (κ3) is 10.9. The van der Waals surface area contributed by atoms with Crippen LogP contribution in [-0.4, -0.2) is 6.04 Å². The van der Waals surface area contributed by atoms with E-state index in [0.717, 1.165) is 0 Å². The van der Waals surface area contributed by atoms with Gasteiger partial charge in [0.25, 0.3) is 0 Å². The Morgan fingerprint density at radius 1 is 0.800 bits per heavy atom. The Labute approximate surface area is 65.0 Å². The van der Waals surface area contributed by atoms with Crippen LogP contribution in [0.15, 0.2) is 0 Å². The summed E-state index contributed by atoms with van der Waals surface area (Å²) < 4.78 is 0. The quantitative estimate of drug-likeness (QED) is 0.554. The van der Waals surface area contributed by atoms with Gasteiger partial charge in [0.05, 0.1) is 0 Å². The number of rotatable bonds is 0. The second kappa shape index (κ2) is 7.07. The lowest BCUT2D eigenvalue weighted by atomic mass is 10.0. The largest absolute Gasteiger partial charge is 0.328 e. The Kier molecular flexibility index (Phi) is 7.04. The molecule has 0 aromatic heterocycles. The monoisotopic (exact) mass is 143 g/mol. The topological polar surface area (TPSA) is 26.0 Å². The normalized spacial score (nSPS) is 18.0. The van der Waals surface area contributed by atoms with Crippen LogP contribution in [-0.2, 0) is 0 Å². The van der Waals surface area contributed by atoms with E-state index in [0.29, 0.717) is 6.04 Å². The van der Waals surface area contributed by atoms with Crippen molar-refractivity contribution in [1.82, 2.24) is 0 Å². The highest BCUT2D eigenvalue weighted by atomic mass is 14.6. The Morgan fingerprint density at radius 3 is 1.00 bits per heavy atom. The molecule has 0 radical (unpaired) electrons. The highest BCUT2D eigenvalue weighted by Crippen LogP contribution is 2.15. The van der Waals surface area contributed by atoms with E-state index in [-0.39, 0.29) is 0 Å². The molecule has 0 bridgehead atoms. The Balaban J connectivity index is 0.000000180. The van der Waals surface area contributed by atoms with Crippen LogP contribution in [0, 0.1) is 0 Å². The van der Waals surface area contributed by atoms with E-state index in [2.05, 4.69) is 0 Å². The average Bonchev–Trinajstić information content (AvgIpc) is 1.90. The molecule has 62 valence electrons. The lowest BCUT2D eigenvalue weighted by Gasteiger charge is -2.05. The molecule has 0 aliphatic heterocycles. The van der Waals surface area contributed by atoms with Gasteiger partial charge in [0.1, 0.15) is 0 Å². The van der Waals surface area contributed by atoms with E-state index >= 15 is 0 Å². The molecule has 0 atom stereocenters. The summed E-state index contributed by atoms with van der Waals surface area (Å²) in [7, 11) is 0. The molecule has 0 unspecified atom stereocenters. The van der Waals surface area contributed by atoms with Gasteiger partial charge >= 0.3 is 0 Å². The SMILES string of the molecule is C1CCCCC1.CC(C)N. The highest BCUT2D eigenvalue weighted by molar-refractivity contribution is 4.51. The van der Waals surface area contributed by atoms with Crippen molar-refractivity contribution >= 4 is 0 Å². The van der Waals surface area contributed by atoms with Gasteiger partial charge in [-0.05, 0) is 6.04 Å². The first-order chi connectivity index (χ1) is 4.73. The van der Waals surface area contributed by atoms with Gasteiger partial charge in [-0.25, -0.2) is 0 Å². The minimum Gasteiger partial charge on any atom is -0.328 e. The summed E-state index contributed by atoms with van der Waals surface area (Å²) >= 11 is 0. The van der Waals surface area contributed by atoms with Crippen LogP contribution in [0.4, 0.5) is 0 Å². The molecule has 1 aliphatic rings. The van der Waals surface area contributed by atoms with Crippen molar-refractivity contribution in [2.75, 3.05) is 0 Å². The van der Waals surface area contributed by atoms with Crippen LogP contribution in [0.2, 0.25) is 0 Å². The summed E-state index contributed by atoms with van der Waals surface area (Å²) in [5.74, 6) is 0. The van der Waals surface area contributed by atoms with Gasteiger partial charge in [-0.2, -0.15) is 0 Å². The molecule has 0 heterocycles. The van der Waals surface area contributed by atoms with Crippen molar-refractivity contribution in [2.24, 2.45) is 5.73 Å². The Hall–Kier alpha value is -0.0400. The molecule has 10 heavy (non-hydrogen) atoms. The lowest BCUT2D eigenvalue weighted by molar-refractivity contribution is 0.504. The van der Waals surface area contributed by atoms with Crippen LogP contribution in [0.25, 0.3) is 0 Å². The van der Waals surface area contributed by atoms with Crippen LogP contribution < -0.4 is 5.73 Å². The smallest absolute Gasteiger partial charge is 0.00179 e. The fraction of sp³-hybridized carbons (Fsp3) is 1.00. The molecule has 2 N–H and O–H groups in total. The third-order valence-electron chi connectivity index (χ3n) is 1.50. The minimum atomic E-state index is 0.333. The summed E-state index contributed by atoms with van der Waals surface area (Å²) in [6, 6.07) is 0.333. The van der Waals surface area contributed by atoms with E-state index < -0.39 is 0 Å².